The number of nitrogens with two attached hydrogens (primary N) is 1. The summed E-state index contributed by atoms with van der Waals surface area (Å²) in [6, 6.07) is 0.413. The molecule has 1 aromatic rings. The molecule has 0 radical (unpaired) electrons. The average molecular weight is 289 g/mol. The molecule has 0 aliphatic carbocycles. The molecule has 16 heavy (non-hydrogen) atoms. The summed E-state index contributed by atoms with van der Waals surface area (Å²) in [6.07, 6.45) is 1.46. The first-order chi connectivity index (χ1) is 7.56. The zero-order valence-corrected chi connectivity index (χ0v) is 11.2. The van der Waals surface area contributed by atoms with Crippen LogP contribution in [0.2, 0.25) is 0 Å². The van der Waals surface area contributed by atoms with Crippen molar-refractivity contribution in [1.29, 1.82) is 0 Å². The van der Waals surface area contributed by atoms with Gasteiger partial charge >= 0.3 is 0 Å². The monoisotopic (exact) mass is 288 g/mol. The van der Waals surface area contributed by atoms with Crippen molar-refractivity contribution in [2.45, 2.75) is 13.0 Å². The summed E-state index contributed by atoms with van der Waals surface area (Å²) in [4.78, 5) is 10.2. The highest BCUT2D eigenvalue weighted by Gasteiger charge is 2.09. The van der Waals surface area contributed by atoms with Crippen molar-refractivity contribution in [1.82, 2.24) is 14.9 Å². The first-order valence-electron chi connectivity index (χ1n) is 4.93. The lowest BCUT2D eigenvalue weighted by Crippen LogP contribution is -2.31. The van der Waals surface area contributed by atoms with Crippen LogP contribution in [0.25, 0.3) is 0 Å². The van der Waals surface area contributed by atoms with Crippen molar-refractivity contribution in [3.63, 3.8) is 0 Å². The second-order valence-corrected chi connectivity index (χ2v) is 4.52. The van der Waals surface area contributed by atoms with E-state index in [2.05, 4.69) is 48.5 Å². The molecule has 0 amide bonds. The van der Waals surface area contributed by atoms with E-state index in [1.165, 1.54) is 6.33 Å². The van der Waals surface area contributed by atoms with Crippen molar-refractivity contribution in [2.24, 2.45) is 5.84 Å². The second kappa shape index (κ2) is 5.97. The van der Waals surface area contributed by atoms with Gasteiger partial charge in [-0.2, -0.15) is 0 Å². The topological polar surface area (TPSA) is 79.1 Å². The third-order valence-electron chi connectivity index (χ3n) is 2.37. The first kappa shape index (κ1) is 13.1. The average Bonchev–Trinajstić information content (AvgIpc) is 2.27. The number of hydrogen-bond acceptors (Lipinski definition) is 6. The Balaban J connectivity index is 2.67. The Kier molecular flexibility index (Phi) is 4.91. The van der Waals surface area contributed by atoms with Gasteiger partial charge in [0.25, 0.3) is 0 Å². The molecule has 90 valence electrons. The molecule has 1 rings (SSSR count). The molecule has 7 heteroatoms. The highest BCUT2D eigenvalue weighted by Crippen LogP contribution is 2.25. The molecule has 0 aromatic carbocycles. The molecule has 0 aliphatic heterocycles. The van der Waals surface area contributed by atoms with Crippen LogP contribution >= 0.6 is 15.9 Å². The predicted molar refractivity (Wildman–Crippen MR) is 69.2 cm³/mol. The lowest BCUT2D eigenvalue weighted by Gasteiger charge is -2.20. The van der Waals surface area contributed by atoms with Crippen molar-refractivity contribution in [3.05, 3.63) is 10.8 Å². The number of anilines is 2. The number of likely N-dealkylation sites (N-methyl/N-ethyl adjacent to an activating group) is 1. The summed E-state index contributed by atoms with van der Waals surface area (Å²) >= 11 is 3.38. The molecule has 0 aliphatic rings. The summed E-state index contributed by atoms with van der Waals surface area (Å²) in [5.41, 5.74) is 2.50. The van der Waals surface area contributed by atoms with E-state index in [0.717, 1.165) is 16.8 Å². The SMILES string of the molecule is CC(CNc1ncnc(NN)c1Br)N(C)C. The Bertz CT molecular complexity index is 343. The molecule has 0 bridgehead atoms. The number of aromatic nitrogens is 2. The van der Waals surface area contributed by atoms with E-state index < -0.39 is 0 Å². The van der Waals surface area contributed by atoms with Crippen molar-refractivity contribution in [2.75, 3.05) is 31.4 Å². The molecule has 1 atom stereocenters. The zero-order valence-electron chi connectivity index (χ0n) is 9.66. The molecule has 4 N–H and O–H groups in total. The van der Waals surface area contributed by atoms with Crippen molar-refractivity contribution >= 4 is 27.6 Å². The first-order valence-corrected chi connectivity index (χ1v) is 5.73. The number of hydrazine groups is 1. The largest absolute Gasteiger partial charge is 0.367 e. The Hall–Kier alpha value is -0.920. The fourth-order valence-corrected chi connectivity index (χ4v) is 1.48. The third-order valence-corrected chi connectivity index (χ3v) is 3.12. The van der Waals surface area contributed by atoms with Crippen molar-refractivity contribution in [3.8, 4) is 0 Å². The Morgan fingerprint density at radius 2 is 2.06 bits per heavy atom. The fourth-order valence-electron chi connectivity index (χ4n) is 1.02. The summed E-state index contributed by atoms with van der Waals surface area (Å²) in [5.74, 6) is 6.62. The van der Waals surface area contributed by atoms with Gasteiger partial charge in [-0.1, -0.05) is 0 Å². The van der Waals surface area contributed by atoms with Crippen LogP contribution in [0.5, 0.6) is 0 Å². The van der Waals surface area contributed by atoms with E-state index in [4.69, 9.17) is 5.84 Å². The maximum atomic E-state index is 5.32. The van der Waals surface area contributed by atoms with Gasteiger partial charge in [-0.15, -0.1) is 0 Å². The maximum Gasteiger partial charge on any atom is 0.159 e. The van der Waals surface area contributed by atoms with Crippen LogP contribution in [0.4, 0.5) is 11.6 Å². The van der Waals surface area contributed by atoms with E-state index in [0.29, 0.717) is 11.9 Å². The summed E-state index contributed by atoms with van der Waals surface area (Å²) in [7, 11) is 4.07. The zero-order chi connectivity index (χ0) is 12.1. The summed E-state index contributed by atoms with van der Waals surface area (Å²) in [6.45, 7) is 2.93. The molecular weight excluding hydrogens is 272 g/mol. The minimum atomic E-state index is 0.413. The Morgan fingerprint density at radius 3 is 2.62 bits per heavy atom. The summed E-state index contributed by atoms with van der Waals surface area (Å²) < 4.78 is 0.739. The van der Waals surface area contributed by atoms with Crippen LogP contribution in [0.1, 0.15) is 6.92 Å². The number of nitrogens with one attached hydrogen (secondary N) is 2. The standard InChI is InChI=1S/C9H17BrN6/c1-6(16(2)3)4-12-8-7(10)9(15-11)14-5-13-8/h5-6H,4,11H2,1-3H3,(H2,12,13,14,15). The normalized spacial score (nSPS) is 12.6. The van der Waals surface area contributed by atoms with E-state index in [-0.39, 0.29) is 0 Å². The second-order valence-electron chi connectivity index (χ2n) is 3.72. The Morgan fingerprint density at radius 1 is 1.44 bits per heavy atom. The van der Waals surface area contributed by atoms with Crippen LogP contribution in [0.3, 0.4) is 0 Å². The van der Waals surface area contributed by atoms with Crippen LogP contribution in [-0.2, 0) is 0 Å². The number of nitrogens with zero attached hydrogens (tertiary/aromatic N) is 3. The van der Waals surface area contributed by atoms with E-state index >= 15 is 0 Å². The quantitative estimate of drug-likeness (QED) is 0.552. The van der Waals surface area contributed by atoms with Gasteiger partial charge in [-0.3, -0.25) is 0 Å². The van der Waals surface area contributed by atoms with Gasteiger partial charge in [0, 0.05) is 12.6 Å². The third kappa shape index (κ3) is 3.29. The van der Waals surface area contributed by atoms with Crippen LogP contribution in [0.15, 0.2) is 10.8 Å². The molecule has 1 unspecified atom stereocenters. The fraction of sp³-hybridized carbons (Fsp3) is 0.556. The van der Waals surface area contributed by atoms with Crippen LogP contribution in [0, 0.1) is 0 Å². The van der Waals surface area contributed by atoms with Gasteiger partial charge in [0.15, 0.2) is 5.82 Å². The van der Waals surface area contributed by atoms with Crippen LogP contribution < -0.4 is 16.6 Å². The van der Waals surface area contributed by atoms with Crippen molar-refractivity contribution < 1.29 is 0 Å². The number of hydrogen-bond donors (Lipinski definition) is 3. The van der Waals surface area contributed by atoms with E-state index in [1.54, 1.807) is 0 Å². The van der Waals surface area contributed by atoms with E-state index in [1.807, 2.05) is 14.1 Å². The smallest absolute Gasteiger partial charge is 0.159 e. The lowest BCUT2D eigenvalue weighted by atomic mass is 10.3. The van der Waals surface area contributed by atoms with Gasteiger partial charge in [-0.05, 0) is 36.9 Å². The lowest BCUT2D eigenvalue weighted by molar-refractivity contribution is 0.326. The highest BCUT2D eigenvalue weighted by molar-refractivity contribution is 9.10. The number of nitrogen functional groups attached to an aromatic ring is 1. The minimum absolute atomic E-state index is 0.413. The van der Waals surface area contributed by atoms with Crippen LogP contribution in [-0.4, -0.2) is 41.5 Å². The van der Waals surface area contributed by atoms with Gasteiger partial charge < -0.3 is 15.6 Å². The molecule has 0 spiro atoms. The van der Waals surface area contributed by atoms with Gasteiger partial charge in [0.2, 0.25) is 0 Å². The molecule has 1 aromatic heterocycles. The maximum absolute atomic E-state index is 5.32. The number of halogens is 1. The minimum Gasteiger partial charge on any atom is -0.367 e. The predicted octanol–water partition coefficient (Wildman–Crippen LogP) is 0.887. The summed E-state index contributed by atoms with van der Waals surface area (Å²) in [5, 5.41) is 3.23. The van der Waals surface area contributed by atoms with Gasteiger partial charge in [0.1, 0.15) is 16.6 Å². The number of rotatable bonds is 5. The van der Waals surface area contributed by atoms with Gasteiger partial charge in [0.05, 0.1) is 0 Å². The molecule has 6 nitrogen and oxygen atoms in total. The van der Waals surface area contributed by atoms with E-state index in [9.17, 15) is 0 Å². The molecule has 1 heterocycles. The Labute approximate surface area is 104 Å². The molecular formula is C9H17BrN6. The molecule has 0 saturated heterocycles. The molecule has 0 saturated carbocycles. The van der Waals surface area contributed by atoms with Gasteiger partial charge in [-0.25, -0.2) is 15.8 Å². The highest BCUT2D eigenvalue weighted by atomic mass is 79.9. The molecule has 0 fully saturated rings.